The molecule has 0 amide bonds. The molecule has 0 spiro atoms. The highest BCUT2D eigenvalue weighted by atomic mass is 16.5. The van der Waals surface area contributed by atoms with Crippen LogP contribution in [0.2, 0.25) is 0 Å². The zero-order valence-corrected chi connectivity index (χ0v) is 13.6. The van der Waals surface area contributed by atoms with Crippen LogP contribution >= 0.6 is 0 Å². The molecule has 3 aromatic rings. The number of allylic oxidation sites excluding steroid dienone is 4. The second-order valence-electron chi connectivity index (χ2n) is 5.90. The van der Waals surface area contributed by atoms with Crippen molar-refractivity contribution in [3.8, 4) is 5.75 Å². The molecule has 1 aromatic carbocycles. The Morgan fingerprint density at radius 1 is 1.20 bits per heavy atom. The van der Waals surface area contributed by atoms with Gasteiger partial charge in [0.05, 0.1) is 17.1 Å². The van der Waals surface area contributed by atoms with Gasteiger partial charge in [-0.1, -0.05) is 48.6 Å². The Bertz CT molecular complexity index is 971. The summed E-state index contributed by atoms with van der Waals surface area (Å²) in [5.41, 5.74) is 2.90. The van der Waals surface area contributed by atoms with Gasteiger partial charge in [-0.05, 0) is 18.4 Å². The van der Waals surface area contributed by atoms with E-state index in [1.165, 1.54) is 0 Å². The molecule has 5 heteroatoms. The summed E-state index contributed by atoms with van der Waals surface area (Å²) in [5, 5.41) is 7.57. The van der Waals surface area contributed by atoms with E-state index in [0.29, 0.717) is 29.0 Å². The molecule has 0 radical (unpaired) electrons. The minimum Gasteiger partial charge on any atom is -0.487 e. The van der Waals surface area contributed by atoms with Gasteiger partial charge in [-0.15, -0.1) is 0 Å². The largest absolute Gasteiger partial charge is 0.487 e. The summed E-state index contributed by atoms with van der Waals surface area (Å²) in [6.07, 6.45) is 10.7. The number of fused-ring (bicyclic) bond motifs is 1. The molecular formula is C20H17N3O2. The molecule has 0 unspecified atom stereocenters. The molecule has 0 aliphatic heterocycles. The Balaban J connectivity index is 1.72. The van der Waals surface area contributed by atoms with Crippen LogP contribution in [0, 0.1) is 0 Å². The third-order valence-corrected chi connectivity index (χ3v) is 4.21. The standard InChI is InChI=1S/C20H17N3O2/c24-18(15-9-5-2-6-10-15)16-11-21-20-17(12-22-23-20)19(16)25-13-14-7-3-1-4-8-14/h1-5,7-9,11-12H,6,10,13H2,(H,21,22,23). The highest BCUT2D eigenvalue weighted by Gasteiger charge is 2.21. The third-order valence-electron chi connectivity index (χ3n) is 4.21. The van der Waals surface area contributed by atoms with Gasteiger partial charge in [-0.2, -0.15) is 5.10 Å². The summed E-state index contributed by atoms with van der Waals surface area (Å²) in [7, 11) is 0. The number of ketones is 1. The van der Waals surface area contributed by atoms with Gasteiger partial charge >= 0.3 is 0 Å². The number of carbonyl (C=O) groups is 1. The molecule has 0 atom stereocenters. The van der Waals surface area contributed by atoms with Gasteiger partial charge in [0.1, 0.15) is 12.4 Å². The fourth-order valence-corrected chi connectivity index (χ4v) is 2.89. The zero-order chi connectivity index (χ0) is 17.1. The first-order valence-corrected chi connectivity index (χ1v) is 8.22. The van der Waals surface area contributed by atoms with Crippen molar-refractivity contribution < 1.29 is 9.53 Å². The van der Waals surface area contributed by atoms with Gasteiger partial charge < -0.3 is 4.74 Å². The number of hydrogen-bond acceptors (Lipinski definition) is 4. The van der Waals surface area contributed by atoms with Crippen LogP contribution in [0.1, 0.15) is 28.8 Å². The molecule has 0 bridgehead atoms. The second kappa shape index (κ2) is 6.73. The quantitative estimate of drug-likeness (QED) is 0.718. The lowest BCUT2D eigenvalue weighted by atomic mass is 9.96. The van der Waals surface area contributed by atoms with Crippen LogP contribution in [0.5, 0.6) is 5.75 Å². The minimum atomic E-state index is -0.0389. The van der Waals surface area contributed by atoms with Crippen molar-refractivity contribution >= 4 is 16.8 Å². The number of rotatable bonds is 5. The van der Waals surface area contributed by atoms with Crippen molar-refractivity contribution in [1.29, 1.82) is 0 Å². The Morgan fingerprint density at radius 2 is 2.08 bits per heavy atom. The van der Waals surface area contributed by atoms with Gasteiger partial charge in [0.2, 0.25) is 0 Å². The van der Waals surface area contributed by atoms with Crippen molar-refractivity contribution in [3.63, 3.8) is 0 Å². The smallest absolute Gasteiger partial charge is 0.194 e. The molecule has 1 aliphatic rings. The number of ether oxygens (including phenoxy) is 1. The molecule has 0 saturated carbocycles. The van der Waals surface area contributed by atoms with Crippen molar-refractivity contribution in [2.24, 2.45) is 0 Å². The first kappa shape index (κ1) is 15.3. The van der Waals surface area contributed by atoms with E-state index in [-0.39, 0.29) is 5.78 Å². The summed E-state index contributed by atoms with van der Waals surface area (Å²) in [6, 6.07) is 9.86. The SMILES string of the molecule is O=C(C1=CC=CCC1)c1cnc2[nH]ncc2c1OCc1ccccc1. The predicted octanol–water partition coefficient (Wildman–Crippen LogP) is 4.00. The second-order valence-corrected chi connectivity index (χ2v) is 5.90. The molecule has 1 N–H and O–H groups in total. The lowest BCUT2D eigenvalue weighted by Gasteiger charge is -2.14. The molecule has 0 fully saturated rings. The average Bonchev–Trinajstić information content (AvgIpc) is 3.16. The highest BCUT2D eigenvalue weighted by molar-refractivity contribution is 6.12. The molecule has 0 saturated heterocycles. The molecule has 5 nitrogen and oxygen atoms in total. The summed E-state index contributed by atoms with van der Waals surface area (Å²) >= 11 is 0. The maximum absolute atomic E-state index is 12.9. The summed E-state index contributed by atoms with van der Waals surface area (Å²) in [6.45, 7) is 0.379. The predicted molar refractivity (Wildman–Crippen MR) is 95.5 cm³/mol. The maximum atomic E-state index is 12.9. The average molecular weight is 331 g/mol. The van der Waals surface area contributed by atoms with Crippen LogP contribution in [0.25, 0.3) is 11.0 Å². The number of nitrogens with one attached hydrogen (secondary N) is 1. The number of carbonyl (C=O) groups excluding carboxylic acids is 1. The van der Waals surface area contributed by atoms with E-state index in [9.17, 15) is 4.79 Å². The van der Waals surface area contributed by atoms with Gasteiger partial charge in [-0.25, -0.2) is 4.98 Å². The normalized spacial score (nSPS) is 13.7. The number of Topliss-reactive ketones (excluding diaryl/α,β-unsaturated/α-hetero) is 1. The van der Waals surface area contributed by atoms with Crippen LogP contribution in [-0.2, 0) is 6.61 Å². The Morgan fingerprint density at radius 3 is 2.88 bits per heavy atom. The number of H-pyrrole nitrogens is 1. The number of aromatic amines is 1. The van der Waals surface area contributed by atoms with Crippen molar-refractivity contribution in [1.82, 2.24) is 15.2 Å². The van der Waals surface area contributed by atoms with Crippen LogP contribution < -0.4 is 4.74 Å². The molecule has 124 valence electrons. The number of pyridine rings is 1. The molecule has 4 rings (SSSR count). The van der Waals surface area contributed by atoms with E-state index in [1.807, 2.05) is 42.5 Å². The van der Waals surface area contributed by atoms with Gasteiger partial charge in [0.25, 0.3) is 0 Å². The molecule has 25 heavy (non-hydrogen) atoms. The van der Waals surface area contributed by atoms with Crippen molar-refractivity contribution in [2.75, 3.05) is 0 Å². The van der Waals surface area contributed by atoms with E-state index in [4.69, 9.17) is 4.74 Å². The Labute approximate surface area is 145 Å². The third kappa shape index (κ3) is 3.08. The fourth-order valence-electron chi connectivity index (χ4n) is 2.89. The molecule has 1 aliphatic carbocycles. The number of hydrogen-bond donors (Lipinski definition) is 1. The van der Waals surface area contributed by atoms with Crippen LogP contribution in [0.3, 0.4) is 0 Å². The van der Waals surface area contributed by atoms with Crippen LogP contribution in [0.4, 0.5) is 0 Å². The van der Waals surface area contributed by atoms with E-state index in [0.717, 1.165) is 24.0 Å². The van der Waals surface area contributed by atoms with E-state index >= 15 is 0 Å². The van der Waals surface area contributed by atoms with Crippen molar-refractivity contribution in [3.05, 3.63) is 77.7 Å². The number of nitrogens with zero attached hydrogens (tertiary/aromatic N) is 2. The lowest BCUT2D eigenvalue weighted by Crippen LogP contribution is -2.09. The van der Waals surface area contributed by atoms with E-state index in [2.05, 4.69) is 21.3 Å². The molecular weight excluding hydrogens is 314 g/mol. The topological polar surface area (TPSA) is 67.9 Å². The minimum absolute atomic E-state index is 0.0389. The maximum Gasteiger partial charge on any atom is 0.194 e. The Hall–Kier alpha value is -3.21. The summed E-state index contributed by atoms with van der Waals surface area (Å²) in [5.74, 6) is 0.492. The fraction of sp³-hybridized carbons (Fsp3) is 0.150. The van der Waals surface area contributed by atoms with Crippen LogP contribution in [0.15, 0.2) is 66.5 Å². The highest BCUT2D eigenvalue weighted by Crippen LogP contribution is 2.31. The molecule has 2 heterocycles. The van der Waals surface area contributed by atoms with E-state index < -0.39 is 0 Å². The first-order chi connectivity index (χ1) is 12.3. The van der Waals surface area contributed by atoms with Gasteiger partial charge in [0, 0.05) is 11.8 Å². The monoisotopic (exact) mass is 331 g/mol. The van der Waals surface area contributed by atoms with E-state index in [1.54, 1.807) is 12.4 Å². The lowest BCUT2D eigenvalue weighted by molar-refractivity contribution is 0.102. The molecule has 2 aromatic heterocycles. The number of aromatic nitrogens is 3. The van der Waals surface area contributed by atoms with Crippen molar-refractivity contribution in [2.45, 2.75) is 19.4 Å². The van der Waals surface area contributed by atoms with Gasteiger partial charge in [0.15, 0.2) is 11.4 Å². The summed E-state index contributed by atoms with van der Waals surface area (Å²) < 4.78 is 6.04. The number of benzene rings is 1. The van der Waals surface area contributed by atoms with Crippen LogP contribution in [-0.4, -0.2) is 21.0 Å². The van der Waals surface area contributed by atoms with Gasteiger partial charge in [-0.3, -0.25) is 9.89 Å². The zero-order valence-electron chi connectivity index (χ0n) is 13.6. The Kier molecular flexibility index (Phi) is 4.12. The first-order valence-electron chi connectivity index (χ1n) is 8.22. The summed E-state index contributed by atoms with van der Waals surface area (Å²) in [4.78, 5) is 17.3.